The fourth-order valence-corrected chi connectivity index (χ4v) is 5.52. The van der Waals surface area contributed by atoms with Crippen molar-refractivity contribution in [3.63, 3.8) is 0 Å². The molecule has 1 aliphatic carbocycles. The van der Waals surface area contributed by atoms with Gasteiger partial charge in [-0.2, -0.15) is 0 Å². The van der Waals surface area contributed by atoms with E-state index in [1.165, 1.54) is 0 Å². The quantitative estimate of drug-likeness (QED) is 0.573. The number of hydrogen-bond acceptors (Lipinski definition) is 6. The molecule has 4 aliphatic rings. The lowest BCUT2D eigenvalue weighted by Crippen LogP contribution is -2.72. The molecular weight excluding hydrogens is 349 g/mol. The number of benzene rings is 1. The van der Waals surface area contributed by atoms with Crippen molar-refractivity contribution in [2.45, 2.75) is 57.0 Å². The second-order valence-corrected chi connectivity index (χ2v) is 8.27. The molecule has 8 heteroatoms. The Hall–Kier alpha value is -1.90. The first kappa shape index (κ1) is 17.2. The van der Waals surface area contributed by atoms with Crippen molar-refractivity contribution in [3.05, 3.63) is 35.9 Å². The molecule has 27 heavy (non-hydrogen) atoms. The van der Waals surface area contributed by atoms with Crippen molar-refractivity contribution < 1.29 is 32.8 Å². The lowest BCUT2D eigenvalue weighted by atomic mass is 9.61. The summed E-state index contributed by atoms with van der Waals surface area (Å²) in [5, 5.41) is 0. The van der Waals surface area contributed by atoms with Gasteiger partial charge in [0.2, 0.25) is 0 Å². The zero-order valence-electron chi connectivity index (χ0n) is 15.4. The molecule has 1 saturated carbocycles. The molecule has 3 saturated heterocycles. The highest BCUT2D eigenvalue weighted by Gasteiger charge is 2.78. The van der Waals surface area contributed by atoms with Gasteiger partial charge in [0.15, 0.2) is 0 Å². The normalized spacial score (nSPS) is 42.7. The Morgan fingerprint density at radius 3 is 2.41 bits per heavy atom. The van der Waals surface area contributed by atoms with Crippen LogP contribution in [0, 0.1) is 0 Å². The number of carbonyl (C=O) groups is 2. The van der Waals surface area contributed by atoms with E-state index < -0.39 is 6.69 Å². The van der Waals surface area contributed by atoms with Gasteiger partial charge in [0.1, 0.15) is 25.2 Å². The molecule has 144 valence electrons. The maximum absolute atomic E-state index is 12.3. The van der Waals surface area contributed by atoms with Crippen molar-refractivity contribution in [2.24, 2.45) is 0 Å². The zero-order chi connectivity index (χ0) is 18.6. The maximum Gasteiger partial charge on any atom is 0.615 e. The highest BCUT2D eigenvalue weighted by molar-refractivity contribution is 6.68. The molecule has 1 aromatic rings. The summed E-state index contributed by atoms with van der Waals surface area (Å²) in [5.41, 5.74) is 1.11. The minimum Gasteiger partial charge on any atom is -0.598 e. The van der Waals surface area contributed by atoms with Gasteiger partial charge in [-0.05, 0) is 31.7 Å². The van der Waals surface area contributed by atoms with Crippen molar-refractivity contribution in [3.8, 4) is 0 Å². The van der Waals surface area contributed by atoms with Gasteiger partial charge >= 0.3 is 18.6 Å². The number of nitrogens with zero attached hydrogens (tertiary/aromatic N) is 1. The van der Waals surface area contributed by atoms with E-state index in [1.54, 1.807) is 0 Å². The molecule has 0 aromatic heterocycles. The van der Waals surface area contributed by atoms with E-state index >= 15 is 0 Å². The molecule has 1 unspecified atom stereocenters. The van der Waals surface area contributed by atoms with E-state index in [1.807, 2.05) is 37.3 Å². The van der Waals surface area contributed by atoms with Crippen LogP contribution in [0.25, 0.3) is 0 Å². The predicted molar refractivity (Wildman–Crippen MR) is 94.9 cm³/mol. The SMILES string of the molecule is CC1O[C@H]1[B-]12OC(=O)C[N+]1([C@@H]1CCC[C@H]1OCc1ccccc1)CC(=O)O2. The van der Waals surface area contributed by atoms with Crippen molar-refractivity contribution in [1.29, 1.82) is 0 Å². The number of ether oxygens (including phenoxy) is 2. The fourth-order valence-electron chi connectivity index (χ4n) is 5.52. The van der Waals surface area contributed by atoms with Gasteiger partial charge in [0.25, 0.3) is 0 Å². The third kappa shape index (κ3) is 2.54. The topological polar surface area (TPSA) is 74.4 Å². The molecule has 3 heterocycles. The Bertz CT molecular complexity index is 751. The standard InChI is InChI=1S/C19H24BNO6/c1-13-19(25-13)20-21(10-17(22)26-20,11-18(23)27-20)15-8-5-9-16(15)24-12-14-6-3-2-4-7-14/h2-4,6-7,13,15-16,19H,5,8-12H2,1H3/t13?,15-,16-,19-,20?,21?/m1/s1. The van der Waals surface area contributed by atoms with E-state index in [4.69, 9.17) is 18.8 Å². The smallest absolute Gasteiger partial charge is 0.598 e. The van der Waals surface area contributed by atoms with Gasteiger partial charge in [0, 0.05) is 0 Å². The van der Waals surface area contributed by atoms with E-state index in [0.29, 0.717) is 6.61 Å². The molecule has 0 spiro atoms. The molecule has 7 nitrogen and oxygen atoms in total. The number of hydrogen-bond donors (Lipinski definition) is 0. The zero-order valence-corrected chi connectivity index (χ0v) is 15.4. The summed E-state index contributed by atoms with van der Waals surface area (Å²) in [7, 11) is 0. The van der Waals surface area contributed by atoms with Gasteiger partial charge in [-0.1, -0.05) is 30.3 Å². The minimum atomic E-state index is -2.17. The average Bonchev–Trinajstić information content (AvgIpc) is 2.99. The maximum atomic E-state index is 12.3. The first-order chi connectivity index (χ1) is 13.0. The molecule has 5 rings (SSSR count). The summed E-state index contributed by atoms with van der Waals surface area (Å²) in [6.45, 7) is 0.593. The number of fused-ring (bicyclic) bond motifs is 1. The summed E-state index contributed by atoms with van der Waals surface area (Å²) in [5.74, 6) is -0.613. The summed E-state index contributed by atoms with van der Waals surface area (Å²) < 4.78 is 23.6. The number of rotatable bonds is 5. The van der Waals surface area contributed by atoms with E-state index in [9.17, 15) is 9.59 Å². The molecule has 4 atom stereocenters. The molecule has 1 aromatic carbocycles. The van der Waals surface area contributed by atoms with Crippen LogP contribution in [-0.4, -0.2) is 60.4 Å². The lowest BCUT2D eigenvalue weighted by molar-refractivity contribution is -0.846. The van der Waals surface area contributed by atoms with Gasteiger partial charge < -0.3 is 23.2 Å². The Morgan fingerprint density at radius 2 is 1.78 bits per heavy atom. The van der Waals surface area contributed by atoms with Crippen LogP contribution in [0.1, 0.15) is 31.7 Å². The summed E-state index contributed by atoms with van der Waals surface area (Å²) in [4.78, 5) is 24.7. The van der Waals surface area contributed by atoms with E-state index in [2.05, 4.69) is 0 Å². The highest BCUT2D eigenvalue weighted by atomic mass is 16.7. The second-order valence-electron chi connectivity index (χ2n) is 8.27. The summed E-state index contributed by atoms with van der Waals surface area (Å²) >= 11 is 0. The van der Waals surface area contributed by atoms with Crippen LogP contribution >= 0.6 is 0 Å². The van der Waals surface area contributed by atoms with E-state index in [0.717, 1.165) is 24.8 Å². The molecule has 0 radical (unpaired) electrons. The largest absolute Gasteiger partial charge is 0.615 e. The average molecular weight is 373 g/mol. The van der Waals surface area contributed by atoms with Crippen LogP contribution in [-0.2, 0) is 35.0 Å². The summed E-state index contributed by atoms with van der Waals surface area (Å²) in [6, 6.07) is 9.71. The second kappa shape index (κ2) is 6.05. The monoisotopic (exact) mass is 373 g/mol. The third-order valence-electron chi connectivity index (χ3n) is 6.72. The Morgan fingerprint density at radius 1 is 1.11 bits per heavy atom. The third-order valence-corrected chi connectivity index (χ3v) is 6.72. The Labute approximate surface area is 158 Å². The molecule has 0 N–H and O–H groups in total. The number of quaternary nitrogens is 1. The number of carbonyl (C=O) groups excluding carboxylic acids is 2. The number of epoxide rings is 1. The molecule has 0 amide bonds. The first-order valence-electron chi connectivity index (χ1n) is 9.80. The van der Waals surface area contributed by atoms with Crippen LogP contribution in [0.15, 0.2) is 30.3 Å². The van der Waals surface area contributed by atoms with Crippen LogP contribution in [0.5, 0.6) is 0 Å². The molecule has 4 fully saturated rings. The van der Waals surface area contributed by atoms with Crippen molar-refractivity contribution in [2.75, 3.05) is 13.1 Å². The van der Waals surface area contributed by atoms with Gasteiger partial charge in [0.05, 0.1) is 18.8 Å². The van der Waals surface area contributed by atoms with Crippen molar-refractivity contribution >= 4 is 18.6 Å². The van der Waals surface area contributed by atoms with Gasteiger partial charge in [-0.25, -0.2) is 0 Å². The predicted octanol–water partition coefficient (Wildman–Crippen LogP) is 1.32. The van der Waals surface area contributed by atoms with Crippen LogP contribution in [0.2, 0.25) is 0 Å². The van der Waals surface area contributed by atoms with Crippen LogP contribution in [0.3, 0.4) is 0 Å². The van der Waals surface area contributed by atoms with Crippen LogP contribution < -0.4 is 0 Å². The van der Waals surface area contributed by atoms with Crippen molar-refractivity contribution in [1.82, 2.24) is 0 Å². The molecular formula is C19H24BNO6. The van der Waals surface area contributed by atoms with Gasteiger partial charge in [-0.15, -0.1) is 0 Å². The Kier molecular flexibility index (Phi) is 3.86. The minimum absolute atomic E-state index is 0.00279. The first-order valence-corrected chi connectivity index (χ1v) is 9.80. The Balaban J connectivity index is 1.43. The lowest BCUT2D eigenvalue weighted by Gasteiger charge is -2.49. The summed E-state index contributed by atoms with van der Waals surface area (Å²) in [6.07, 6.45) is 2.69. The highest BCUT2D eigenvalue weighted by Crippen LogP contribution is 2.50. The fraction of sp³-hybridized carbons (Fsp3) is 0.579. The molecule has 3 aliphatic heterocycles. The van der Waals surface area contributed by atoms with E-state index in [-0.39, 0.29) is 53.7 Å². The van der Waals surface area contributed by atoms with Gasteiger partial charge in [-0.3, -0.25) is 9.59 Å². The van der Waals surface area contributed by atoms with Crippen LogP contribution in [0.4, 0.5) is 0 Å². The molecule has 0 bridgehead atoms.